The number of hydrogen-bond donors (Lipinski definition) is 3. The summed E-state index contributed by atoms with van der Waals surface area (Å²) in [5.41, 5.74) is 0. The summed E-state index contributed by atoms with van der Waals surface area (Å²) in [6.07, 6.45) is 2.61. The van der Waals surface area contributed by atoms with Gasteiger partial charge in [0.05, 0.1) is 6.42 Å². The van der Waals surface area contributed by atoms with Crippen LogP contribution in [-0.2, 0) is 4.79 Å². The number of carbonyl (C=O) groups is 2. The lowest BCUT2D eigenvalue weighted by Crippen LogP contribution is -2.36. The van der Waals surface area contributed by atoms with Gasteiger partial charge in [-0.2, -0.15) is 0 Å². The molecule has 0 spiro atoms. The van der Waals surface area contributed by atoms with Crippen molar-refractivity contribution in [3.63, 3.8) is 0 Å². The van der Waals surface area contributed by atoms with E-state index in [4.69, 9.17) is 5.11 Å². The Balaban J connectivity index is 1.94. The van der Waals surface area contributed by atoms with Crippen LogP contribution in [0.1, 0.15) is 55.0 Å². The van der Waals surface area contributed by atoms with Crippen LogP contribution in [0.3, 0.4) is 0 Å². The molecule has 1 aliphatic carbocycles. The molecule has 0 aromatic carbocycles. The summed E-state index contributed by atoms with van der Waals surface area (Å²) in [4.78, 5) is 26.5. The molecule has 0 bridgehead atoms. The first-order valence-electron chi connectivity index (χ1n) is 6.05. The van der Waals surface area contributed by atoms with Crippen molar-refractivity contribution in [3.8, 4) is 0 Å². The third-order valence-electron chi connectivity index (χ3n) is 2.92. The second-order valence-electron chi connectivity index (χ2n) is 4.50. The lowest BCUT2D eigenvalue weighted by atomic mass is 10.1. The Labute approximate surface area is 104 Å². The van der Waals surface area contributed by atoms with Crippen LogP contribution in [0.25, 0.3) is 0 Å². The van der Waals surface area contributed by atoms with Crippen molar-refractivity contribution in [2.45, 2.75) is 44.6 Å². The van der Waals surface area contributed by atoms with Crippen molar-refractivity contribution in [2.75, 3.05) is 0 Å². The molecular formula is C11H16N4O3. The van der Waals surface area contributed by atoms with Crippen LogP contribution in [0.2, 0.25) is 0 Å². The van der Waals surface area contributed by atoms with Crippen LogP contribution in [-0.4, -0.2) is 38.2 Å². The Morgan fingerprint density at radius 2 is 2.28 bits per heavy atom. The van der Waals surface area contributed by atoms with E-state index in [2.05, 4.69) is 20.5 Å². The molecule has 1 saturated carbocycles. The third kappa shape index (κ3) is 3.06. The summed E-state index contributed by atoms with van der Waals surface area (Å²) in [6, 6.07) is -0.391. The summed E-state index contributed by atoms with van der Waals surface area (Å²) in [6.45, 7) is 1.82. The van der Waals surface area contributed by atoms with Gasteiger partial charge in [0.2, 0.25) is 5.82 Å². The van der Waals surface area contributed by atoms with Crippen molar-refractivity contribution >= 4 is 11.9 Å². The SMILES string of the molecule is CCC(CC(=O)O)NC(=O)c1n[nH]c(C2CC2)n1. The maximum atomic E-state index is 11.8. The first-order chi connectivity index (χ1) is 8.60. The van der Waals surface area contributed by atoms with Crippen molar-refractivity contribution in [3.05, 3.63) is 11.6 Å². The predicted molar refractivity (Wildman–Crippen MR) is 62.2 cm³/mol. The molecule has 7 heteroatoms. The normalized spacial score (nSPS) is 16.3. The molecule has 0 radical (unpaired) electrons. The zero-order chi connectivity index (χ0) is 13.1. The zero-order valence-corrected chi connectivity index (χ0v) is 10.1. The fourth-order valence-corrected chi connectivity index (χ4v) is 1.67. The van der Waals surface area contributed by atoms with Crippen molar-refractivity contribution in [2.24, 2.45) is 0 Å². The van der Waals surface area contributed by atoms with E-state index in [1.54, 1.807) is 0 Å². The number of carboxylic acid groups (broad SMARTS) is 1. The average molecular weight is 252 g/mol. The number of nitrogens with zero attached hydrogens (tertiary/aromatic N) is 2. The molecule has 1 unspecified atom stereocenters. The molecule has 1 aliphatic rings. The van der Waals surface area contributed by atoms with Gasteiger partial charge < -0.3 is 10.4 Å². The molecule has 1 heterocycles. The molecule has 3 N–H and O–H groups in total. The van der Waals surface area contributed by atoms with E-state index in [9.17, 15) is 9.59 Å². The Morgan fingerprint density at radius 3 is 2.83 bits per heavy atom. The molecule has 7 nitrogen and oxygen atoms in total. The van der Waals surface area contributed by atoms with Crippen molar-refractivity contribution in [1.29, 1.82) is 0 Å². The topological polar surface area (TPSA) is 108 Å². The Bertz CT molecular complexity index is 453. The van der Waals surface area contributed by atoms with Crippen LogP contribution in [0.4, 0.5) is 0 Å². The molecular weight excluding hydrogens is 236 g/mol. The first-order valence-corrected chi connectivity index (χ1v) is 6.05. The van der Waals surface area contributed by atoms with E-state index >= 15 is 0 Å². The summed E-state index contributed by atoms with van der Waals surface area (Å²) in [7, 11) is 0. The van der Waals surface area contributed by atoms with E-state index in [-0.39, 0.29) is 12.2 Å². The Morgan fingerprint density at radius 1 is 1.56 bits per heavy atom. The molecule has 2 rings (SSSR count). The number of aromatic amines is 1. The van der Waals surface area contributed by atoms with Gasteiger partial charge in [0.25, 0.3) is 5.91 Å². The number of H-pyrrole nitrogens is 1. The van der Waals surface area contributed by atoms with Gasteiger partial charge in [-0.05, 0) is 19.3 Å². The van der Waals surface area contributed by atoms with Gasteiger partial charge in [0.15, 0.2) is 0 Å². The average Bonchev–Trinajstić information content (AvgIpc) is 3.05. The highest BCUT2D eigenvalue weighted by molar-refractivity contribution is 5.90. The maximum Gasteiger partial charge on any atom is 0.305 e. The smallest absolute Gasteiger partial charge is 0.305 e. The minimum atomic E-state index is -0.934. The fraction of sp³-hybridized carbons (Fsp3) is 0.636. The summed E-state index contributed by atoms with van der Waals surface area (Å²) < 4.78 is 0. The van der Waals surface area contributed by atoms with Gasteiger partial charge in [0, 0.05) is 12.0 Å². The number of carbonyl (C=O) groups excluding carboxylic acids is 1. The van der Waals surface area contributed by atoms with Crippen LogP contribution < -0.4 is 5.32 Å². The largest absolute Gasteiger partial charge is 0.481 e. The van der Waals surface area contributed by atoms with E-state index in [1.807, 2.05) is 6.92 Å². The quantitative estimate of drug-likeness (QED) is 0.689. The summed E-state index contributed by atoms with van der Waals surface area (Å²) >= 11 is 0. The van der Waals surface area contributed by atoms with Gasteiger partial charge in [-0.3, -0.25) is 14.7 Å². The van der Waals surface area contributed by atoms with Gasteiger partial charge >= 0.3 is 5.97 Å². The maximum absolute atomic E-state index is 11.8. The van der Waals surface area contributed by atoms with Crippen LogP contribution >= 0.6 is 0 Å². The van der Waals surface area contributed by atoms with E-state index < -0.39 is 17.9 Å². The predicted octanol–water partition coefficient (Wildman–Crippen LogP) is 0.665. The Hall–Kier alpha value is -1.92. The van der Waals surface area contributed by atoms with Crippen LogP contribution in [0.5, 0.6) is 0 Å². The summed E-state index contributed by atoms with van der Waals surface area (Å²) in [5, 5.41) is 17.9. The number of amides is 1. The van der Waals surface area contributed by atoms with Crippen molar-refractivity contribution < 1.29 is 14.7 Å². The highest BCUT2D eigenvalue weighted by Gasteiger charge is 2.28. The molecule has 98 valence electrons. The van der Waals surface area contributed by atoms with Crippen LogP contribution in [0.15, 0.2) is 0 Å². The minimum Gasteiger partial charge on any atom is -0.481 e. The molecule has 1 aromatic rings. The molecule has 0 saturated heterocycles. The lowest BCUT2D eigenvalue weighted by Gasteiger charge is -2.12. The number of carboxylic acids is 1. The molecule has 1 aromatic heterocycles. The summed E-state index contributed by atoms with van der Waals surface area (Å²) in [5.74, 6) is -0.130. The van der Waals surface area contributed by atoms with Gasteiger partial charge in [0.1, 0.15) is 5.82 Å². The molecule has 1 atom stereocenters. The number of hydrogen-bond acceptors (Lipinski definition) is 4. The number of aliphatic carboxylic acids is 1. The van der Waals surface area contributed by atoms with E-state index in [0.29, 0.717) is 12.3 Å². The Kier molecular flexibility index (Phi) is 3.59. The highest BCUT2D eigenvalue weighted by atomic mass is 16.4. The second kappa shape index (κ2) is 5.16. The number of aromatic nitrogens is 3. The molecule has 1 fully saturated rings. The molecule has 18 heavy (non-hydrogen) atoms. The zero-order valence-electron chi connectivity index (χ0n) is 10.1. The molecule has 0 aliphatic heterocycles. The lowest BCUT2D eigenvalue weighted by molar-refractivity contribution is -0.137. The van der Waals surface area contributed by atoms with Gasteiger partial charge in [-0.1, -0.05) is 6.92 Å². The van der Waals surface area contributed by atoms with Crippen LogP contribution in [0, 0.1) is 0 Å². The van der Waals surface area contributed by atoms with E-state index in [0.717, 1.165) is 18.7 Å². The van der Waals surface area contributed by atoms with Gasteiger partial charge in [-0.25, -0.2) is 4.98 Å². The van der Waals surface area contributed by atoms with Crippen molar-refractivity contribution in [1.82, 2.24) is 20.5 Å². The standard InChI is InChI=1S/C11H16N4O3/c1-2-7(5-8(16)17)12-11(18)10-13-9(14-15-10)6-3-4-6/h6-7H,2-5H2,1H3,(H,12,18)(H,16,17)(H,13,14,15). The van der Waals surface area contributed by atoms with E-state index in [1.165, 1.54) is 0 Å². The monoisotopic (exact) mass is 252 g/mol. The first kappa shape index (κ1) is 12.5. The fourth-order valence-electron chi connectivity index (χ4n) is 1.67. The number of rotatable bonds is 6. The third-order valence-corrected chi connectivity index (χ3v) is 2.92. The second-order valence-corrected chi connectivity index (χ2v) is 4.50. The minimum absolute atomic E-state index is 0.0840. The van der Waals surface area contributed by atoms with Gasteiger partial charge in [-0.15, -0.1) is 5.10 Å². The highest BCUT2D eigenvalue weighted by Crippen LogP contribution is 2.37. The number of nitrogens with one attached hydrogen (secondary N) is 2. The molecule has 1 amide bonds.